The third kappa shape index (κ3) is 6.41. The minimum absolute atomic E-state index is 0.0691. The van der Waals surface area contributed by atoms with Crippen LogP contribution in [0, 0.1) is 5.92 Å². The van der Waals surface area contributed by atoms with Crippen LogP contribution in [0.15, 0.2) is 47.4 Å². The molecule has 6 nitrogen and oxygen atoms in total. The molecule has 0 aromatic heterocycles. The van der Waals surface area contributed by atoms with E-state index in [1.54, 1.807) is 40.9 Å². The van der Waals surface area contributed by atoms with Crippen molar-refractivity contribution in [3.63, 3.8) is 0 Å². The predicted molar refractivity (Wildman–Crippen MR) is 134 cm³/mol. The fraction of sp³-hybridized carbons (Fsp3) is 0.444. The van der Waals surface area contributed by atoms with Crippen LogP contribution in [0.5, 0.6) is 0 Å². The van der Waals surface area contributed by atoms with Gasteiger partial charge in [0.1, 0.15) is 0 Å². The number of fused-ring (bicyclic) bond motifs is 1. The maximum absolute atomic E-state index is 13.0. The Morgan fingerprint density at radius 1 is 1.12 bits per heavy atom. The van der Waals surface area contributed by atoms with Crippen LogP contribution in [0.1, 0.15) is 72.2 Å². The van der Waals surface area contributed by atoms with Crippen molar-refractivity contribution in [3.8, 4) is 0 Å². The number of anilines is 1. The van der Waals surface area contributed by atoms with Crippen LogP contribution in [0.2, 0.25) is 0 Å². The molecule has 0 saturated carbocycles. The smallest absolute Gasteiger partial charge is 0.337 e. The molecule has 1 aliphatic heterocycles. The molecule has 0 N–H and O–H groups in total. The number of hydrogen-bond donors (Lipinski definition) is 0. The lowest BCUT2D eigenvalue weighted by atomic mass is 10.0. The van der Waals surface area contributed by atoms with E-state index in [0.717, 1.165) is 41.8 Å². The minimum Gasteiger partial charge on any atom is -0.465 e. The van der Waals surface area contributed by atoms with Gasteiger partial charge in [0.15, 0.2) is 0 Å². The van der Waals surface area contributed by atoms with Crippen molar-refractivity contribution < 1.29 is 23.9 Å². The molecule has 0 spiro atoms. The highest BCUT2D eigenvalue weighted by molar-refractivity contribution is 7.99. The number of carbonyl (C=O) groups is 3. The number of benzene rings is 2. The number of amides is 1. The lowest BCUT2D eigenvalue weighted by Gasteiger charge is -2.16. The summed E-state index contributed by atoms with van der Waals surface area (Å²) in [6, 6.07) is 12.5. The van der Waals surface area contributed by atoms with Gasteiger partial charge < -0.3 is 14.4 Å². The summed E-state index contributed by atoms with van der Waals surface area (Å²) in [6.45, 7) is 5.26. The summed E-state index contributed by atoms with van der Waals surface area (Å²) in [5.74, 6) is 0.389. The summed E-state index contributed by atoms with van der Waals surface area (Å²) in [5, 5.41) is 0. The second-order valence-corrected chi connectivity index (χ2v) is 9.55. The molecule has 3 rings (SSSR count). The quantitative estimate of drug-likeness (QED) is 0.277. The first-order chi connectivity index (χ1) is 16.5. The predicted octanol–water partition coefficient (Wildman–Crippen LogP) is 5.88. The fourth-order valence-corrected chi connectivity index (χ4v) is 4.98. The van der Waals surface area contributed by atoms with Crippen molar-refractivity contribution >= 4 is 35.3 Å². The molecule has 1 unspecified atom stereocenters. The summed E-state index contributed by atoms with van der Waals surface area (Å²) in [4.78, 5) is 39.6. The van der Waals surface area contributed by atoms with E-state index in [-0.39, 0.29) is 11.9 Å². The van der Waals surface area contributed by atoms with Gasteiger partial charge in [0.05, 0.1) is 32.2 Å². The molecular formula is C27H33NO5S. The summed E-state index contributed by atoms with van der Waals surface area (Å²) in [6.07, 6.45) is 4.78. The highest BCUT2D eigenvalue weighted by Crippen LogP contribution is 2.35. The Balaban J connectivity index is 1.56. The first-order valence-corrected chi connectivity index (χ1v) is 12.9. The van der Waals surface area contributed by atoms with Crippen molar-refractivity contribution in [2.45, 2.75) is 57.4 Å². The molecule has 0 radical (unpaired) electrons. The second kappa shape index (κ2) is 12.6. The van der Waals surface area contributed by atoms with Crippen molar-refractivity contribution in [2.75, 3.05) is 24.4 Å². The third-order valence-electron chi connectivity index (χ3n) is 6.11. The zero-order valence-electron chi connectivity index (χ0n) is 20.2. The second-order valence-electron chi connectivity index (χ2n) is 8.41. The van der Waals surface area contributed by atoms with Gasteiger partial charge in [-0.3, -0.25) is 9.59 Å². The molecule has 0 fully saturated rings. The number of thioether (sulfide) groups is 1. The van der Waals surface area contributed by atoms with Crippen molar-refractivity contribution in [3.05, 3.63) is 59.2 Å². The van der Waals surface area contributed by atoms with E-state index in [4.69, 9.17) is 9.47 Å². The minimum atomic E-state index is -0.411. The number of hydrogen-bond acceptors (Lipinski definition) is 6. The van der Waals surface area contributed by atoms with Gasteiger partial charge >= 0.3 is 11.9 Å². The molecule has 1 atom stereocenters. The molecule has 34 heavy (non-hydrogen) atoms. The maximum atomic E-state index is 13.0. The largest absolute Gasteiger partial charge is 0.465 e. The number of rotatable bonds is 12. The standard InChI is InChI=1S/C27H33NO5S/c1-4-6-8-19(5-2)18-33-25(29)15-16-34-24-10-7-9-22-23(24)17-28(26(22)30)21-13-11-20(12-14-21)27(31)32-3/h7,9-14,19H,4-6,8,15-18H2,1-3H3. The Morgan fingerprint density at radius 2 is 1.88 bits per heavy atom. The number of nitrogens with zero attached hydrogens (tertiary/aromatic N) is 1. The van der Waals surface area contributed by atoms with Crippen molar-refractivity contribution in [1.82, 2.24) is 0 Å². The van der Waals surface area contributed by atoms with Gasteiger partial charge in [-0.05, 0) is 54.3 Å². The van der Waals surface area contributed by atoms with Crippen LogP contribution < -0.4 is 4.90 Å². The molecule has 2 aromatic carbocycles. The Bertz CT molecular complexity index is 1000. The van der Waals surface area contributed by atoms with E-state index < -0.39 is 5.97 Å². The van der Waals surface area contributed by atoms with Crippen LogP contribution in [0.3, 0.4) is 0 Å². The Morgan fingerprint density at radius 3 is 2.56 bits per heavy atom. The molecule has 0 bridgehead atoms. The average Bonchev–Trinajstić information content (AvgIpc) is 3.21. The van der Waals surface area contributed by atoms with Crippen molar-refractivity contribution in [1.29, 1.82) is 0 Å². The monoisotopic (exact) mass is 483 g/mol. The third-order valence-corrected chi connectivity index (χ3v) is 7.21. The summed E-state index contributed by atoms with van der Waals surface area (Å²) in [7, 11) is 1.34. The van der Waals surface area contributed by atoms with Gasteiger partial charge in [-0.15, -0.1) is 11.8 Å². The van der Waals surface area contributed by atoms with Gasteiger partial charge in [0.2, 0.25) is 0 Å². The highest BCUT2D eigenvalue weighted by Gasteiger charge is 2.30. The SMILES string of the molecule is CCCCC(CC)COC(=O)CCSc1cccc2c1CN(c1ccc(C(=O)OC)cc1)C2=O. The topological polar surface area (TPSA) is 72.9 Å². The van der Waals surface area contributed by atoms with Gasteiger partial charge in [-0.25, -0.2) is 4.79 Å². The van der Waals surface area contributed by atoms with E-state index in [1.807, 2.05) is 18.2 Å². The lowest BCUT2D eigenvalue weighted by molar-refractivity contribution is -0.144. The number of methoxy groups -OCH3 is 1. The highest BCUT2D eigenvalue weighted by atomic mass is 32.2. The molecule has 1 amide bonds. The Kier molecular flexibility index (Phi) is 9.57. The first-order valence-electron chi connectivity index (χ1n) is 11.9. The van der Waals surface area contributed by atoms with Crippen LogP contribution in [-0.4, -0.2) is 37.3 Å². The summed E-state index contributed by atoms with van der Waals surface area (Å²) < 4.78 is 10.2. The normalized spacial score (nSPS) is 13.5. The molecular weight excluding hydrogens is 450 g/mol. The summed E-state index contributed by atoms with van der Waals surface area (Å²) >= 11 is 1.58. The van der Waals surface area contributed by atoms with E-state index in [2.05, 4.69) is 13.8 Å². The van der Waals surface area contributed by atoms with E-state index >= 15 is 0 Å². The molecule has 7 heteroatoms. The van der Waals surface area contributed by atoms with E-state index in [0.29, 0.717) is 42.4 Å². The van der Waals surface area contributed by atoms with Crippen molar-refractivity contribution in [2.24, 2.45) is 5.92 Å². The van der Waals surface area contributed by atoms with E-state index in [9.17, 15) is 14.4 Å². The van der Waals surface area contributed by atoms with Crippen LogP contribution in [0.25, 0.3) is 0 Å². The Hall–Kier alpha value is -2.80. The number of ether oxygens (including phenoxy) is 2. The fourth-order valence-electron chi connectivity index (χ4n) is 3.97. The van der Waals surface area contributed by atoms with Crippen LogP contribution >= 0.6 is 11.8 Å². The lowest BCUT2D eigenvalue weighted by Crippen LogP contribution is -2.23. The van der Waals surface area contributed by atoms with E-state index in [1.165, 1.54) is 7.11 Å². The van der Waals surface area contributed by atoms with Gasteiger partial charge in [0.25, 0.3) is 5.91 Å². The Labute approximate surface area is 206 Å². The zero-order valence-corrected chi connectivity index (χ0v) is 21.0. The van der Waals surface area contributed by atoms with Crippen LogP contribution in [0.4, 0.5) is 5.69 Å². The average molecular weight is 484 g/mol. The van der Waals surface area contributed by atoms with Gasteiger partial charge in [-0.2, -0.15) is 0 Å². The maximum Gasteiger partial charge on any atom is 0.337 e. The number of esters is 2. The molecule has 182 valence electrons. The summed E-state index contributed by atoms with van der Waals surface area (Å²) in [5.41, 5.74) is 2.80. The number of carbonyl (C=O) groups excluding carboxylic acids is 3. The van der Waals surface area contributed by atoms with Gasteiger partial charge in [-0.1, -0.05) is 39.2 Å². The molecule has 2 aromatic rings. The molecule has 0 saturated heterocycles. The number of unbranched alkanes of at least 4 members (excludes halogenated alkanes) is 1. The molecule has 1 aliphatic rings. The van der Waals surface area contributed by atoms with Gasteiger partial charge in [0, 0.05) is 21.9 Å². The molecule has 1 heterocycles. The van der Waals surface area contributed by atoms with Crippen LogP contribution in [-0.2, 0) is 20.8 Å². The zero-order chi connectivity index (χ0) is 24.5. The molecule has 0 aliphatic carbocycles. The first kappa shape index (κ1) is 25.8.